The first-order chi connectivity index (χ1) is 15.4. The van der Waals surface area contributed by atoms with Gasteiger partial charge in [0.2, 0.25) is 0 Å². The summed E-state index contributed by atoms with van der Waals surface area (Å²) in [6.07, 6.45) is 0. The van der Waals surface area contributed by atoms with Crippen molar-refractivity contribution < 1.29 is 22.8 Å². The van der Waals surface area contributed by atoms with Gasteiger partial charge >= 0.3 is 0 Å². The minimum absolute atomic E-state index is 0.179. The van der Waals surface area contributed by atoms with Gasteiger partial charge in [0.15, 0.2) is 17.3 Å². The number of aromatic nitrogens is 1. The van der Waals surface area contributed by atoms with E-state index in [1.165, 1.54) is 6.07 Å². The van der Waals surface area contributed by atoms with Gasteiger partial charge in [0.05, 0.1) is 5.56 Å². The van der Waals surface area contributed by atoms with Crippen LogP contribution in [0.5, 0.6) is 5.75 Å². The maximum absolute atomic E-state index is 13.9. The van der Waals surface area contributed by atoms with Crippen LogP contribution in [0.2, 0.25) is 0 Å². The molecule has 168 valence electrons. The molecule has 3 aromatic rings. The third kappa shape index (κ3) is 4.80. The Labute approximate surface area is 185 Å². The van der Waals surface area contributed by atoms with Crippen LogP contribution in [0.25, 0.3) is 0 Å². The highest BCUT2D eigenvalue weighted by molar-refractivity contribution is 5.93. The van der Waals surface area contributed by atoms with Crippen LogP contribution in [0.1, 0.15) is 32.9 Å². The van der Waals surface area contributed by atoms with Crippen LogP contribution in [0.4, 0.5) is 8.78 Å². The van der Waals surface area contributed by atoms with Crippen LogP contribution in [0.15, 0.2) is 47.0 Å². The molecule has 2 heterocycles. The molecule has 8 heteroatoms. The number of ether oxygens (including phenoxy) is 1. The van der Waals surface area contributed by atoms with Crippen LogP contribution in [-0.4, -0.2) is 47.0 Å². The van der Waals surface area contributed by atoms with Gasteiger partial charge in [-0.05, 0) is 32.0 Å². The van der Waals surface area contributed by atoms with E-state index in [1.54, 1.807) is 17.9 Å². The number of carbonyl (C=O) groups is 1. The predicted molar refractivity (Wildman–Crippen MR) is 114 cm³/mol. The molecule has 0 bridgehead atoms. The molecule has 0 aliphatic carbocycles. The SMILES string of the molecule is Cc1ccc(OCc2c(C(=O)N3CCN(Cc4cccc(F)c4F)CC3)noc2C)cc1. The Bertz CT molecular complexity index is 1090. The van der Waals surface area contributed by atoms with Gasteiger partial charge in [-0.15, -0.1) is 0 Å². The zero-order chi connectivity index (χ0) is 22.7. The molecule has 1 aliphatic rings. The summed E-state index contributed by atoms with van der Waals surface area (Å²) < 4.78 is 38.5. The third-order valence-electron chi connectivity index (χ3n) is 5.68. The maximum Gasteiger partial charge on any atom is 0.276 e. The number of nitrogens with zero attached hydrogens (tertiary/aromatic N) is 3. The predicted octanol–water partition coefficient (Wildman–Crippen LogP) is 4.11. The Morgan fingerprint density at radius 1 is 1.06 bits per heavy atom. The van der Waals surface area contributed by atoms with Crippen molar-refractivity contribution in [3.05, 3.63) is 82.2 Å². The van der Waals surface area contributed by atoms with Crippen LogP contribution in [-0.2, 0) is 13.2 Å². The highest BCUT2D eigenvalue weighted by Gasteiger charge is 2.28. The van der Waals surface area contributed by atoms with Gasteiger partial charge in [-0.2, -0.15) is 0 Å². The van der Waals surface area contributed by atoms with E-state index in [9.17, 15) is 13.6 Å². The molecule has 1 aliphatic heterocycles. The Morgan fingerprint density at radius 2 is 1.78 bits per heavy atom. The molecular weight excluding hydrogens is 416 g/mol. The quantitative estimate of drug-likeness (QED) is 0.576. The molecule has 6 nitrogen and oxygen atoms in total. The number of hydrogen-bond donors (Lipinski definition) is 0. The third-order valence-corrected chi connectivity index (χ3v) is 5.68. The largest absolute Gasteiger partial charge is 0.489 e. The number of hydrogen-bond acceptors (Lipinski definition) is 5. The van der Waals surface area contributed by atoms with E-state index < -0.39 is 11.6 Å². The number of piperazine rings is 1. The number of carbonyl (C=O) groups excluding carboxylic acids is 1. The summed E-state index contributed by atoms with van der Waals surface area (Å²) in [4.78, 5) is 16.8. The summed E-state index contributed by atoms with van der Waals surface area (Å²) >= 11 is 0. The van der Waals surface area contributed by atoms with Crippen molar-refractivity contribution in [1.82, 2.24) is 15.0 Å². The summed E-state index contributed by atoms with van der Waals surface area (Å²) in [5.74, 6) is -0.644. The number of benzene rings is 2. The van der Waals surface area contributed by atoms with Gasteiger partial charge in [0.25, 0.3) is 5.91 Å². The van der Waals surface area contributed by atoms with Gasteiger partial charge in [0.1, 0.15) is 18.1 Å². The highest BCUT2D eigenvalue weighted by Crippen LogP contribution is 2.21. The minimum atomic E-state index is -0.849. The minimum Gasteiger partial charge on any atom is -0.489 e. The van der Waals surface area contributed by atoms with Crippen LogP contribution < -0.4 is 4.74 Å². The molecule has 0 radical (unpaired) electrons. The number of amides is 1. The first-order valence-electron chi connectivity index (χ1n) is 10.5. The fraction of sp³-hybridized carbons (Fsp3) is 0.333. The molecule has 32 heavy (non-hydrogen) atoms. The van der Waals surface area contributed by atoms with E-state index in [1.807, 2.05) is 36.1 Å². The lowest BCUT2D eigenvalue weighted by Crippen LogP contribution is -2.48. The van der Waals surface area contributed by atoms with Crippen molar-refractivity contribution in [1.29, 1.82) is 0 Å². The fourth-order valence-corrected chi connectivity index (χ4v) is 3.69. The lowest BCUT2D eigenvalue weighted by Gasteiger charge is -2.34. The monoisotopic (exact) mass is 441 g/mol. The molecule has 1 saturated heterocycles. The first kappa shape index (κ1) is 22.0. The summed E-state index contributed by atoms with van der Waals surface area (Å²) in [5.41, 5.74) is 2.32. The Kier molecular flexibility index (Phi) is 6.50. The molecular formula is C24H25F2N3O3. The second-order valence-electron chi connectivity index (χ2n) is 7.95. The lowest BCUT2D eigenvalue weighted by atomic mass is 10.1. The molecule has 0 saturated carbocycles. The van der Waals surface area contributed by atoms with Crippen molar-refractivity contribution >= 4 is 5.91 Å². The van der Waals surface area contributed by atoms with E-state index in [0.717, 1.165) is 11.6 Å². The summed E-state index contributed by atoms with van der Waals surface area (Å²) in [6, 6.07) is 11.8. The average Bonchev–Trinajstić information content (AvgIpc) is 3.17. The topological polar surface area (TPSA) is 58.8 Å². The normalized spacial score (nSPS) is 14.6. The number of halogens is 2. The highest BCUT2D eigenvalue weighted by atomic mass is 19.2. The number of rotatable bonds is 6. The molecule has 1 aromatic heterocycles. The zero-order valence-corrected chi connectivity index (χ0v) is 18.1. The zero-order valence-electron chi connectivity index (χ0n) is 18.1. The smallest absolute Gasteiger partial charge is 0.276 e. The van der Waals surface area contributed by atoms with Crippen LogP contribution in [0, 0.1) is 25.5 Å². The Morgan fingerprint density at radius 3 is 2.50 bits per heavy atom. The van der Waals surface area contributed by atoms with E-state index in [0.29, 0.717) is 55.4 Å². The summed E-state index contributed by atoms with van der Waals surface area (Å²) in [7, 11) is 0. The van der Waals surface area contributed by atoms with Crippen molar-refractivity contribution in [3.8, 4) is 5.75 Å². The Balaban J connectivity index is 1.37. The second-order valence-corrected chi connectivity index (χ2v) is 7.95. The van der Waals surface area contributed by atoms with Crippen molar-refractivity contribution in [2.24, 2.45) is 0 Å². The van der Waals surface area contributed by atoms with E-state index >= 15 is 0 Å². The number of aryl methyl sites for hydroxylation is 2. The molecule has 1 amide bonds. The first-order valence-corrected chi connectivity index (χ1v) is 10.5. The molecule has 1 fully saturated rings. The van der Waals surface area contributed by atoms with Gasteiger partial charge in [-0.3, -0.25) is 9.69 Å². The fourth-order valence-electron chi connectivity index (χ4n) is 3.69. The van der Waals surface area contributed by atoms with Crippen molar-refractivity contribution in [2.75, 3.05) is 26.2 Å². The molecule has 0 N–H and O–H groups in total. The maximum atomic E-state index is 13.9. The summed E-state index contributed by atoms with van der Waals surface area (Å²) in [6.45, 7) is 6.24. The standard InChI is InChI=1S/C24H25F2N3O3/c1-16-6-8-19(9-7-16)31-15-20-17(2)32-27-23(20)24(30)29-12-10-28(11-13-29)14-18-4-3-5-21(25)22(18)26/h3-9H,10-15H2,1-2H3. The van der Waals surface area contributed by atoms with Gasteiger partial charge < -0.3 is 14.2 Å². The second kappa shape index (κ2) is 9.48. The van der Waals surface area contributed by atoms with E-state index in [-0.39, 0.29) is 18.2 Å². The molecule has 0 atom stereocenters. The van der Waals surface area contributed by atoms with E-state index in [2.05, 4.69) is 5.16 Å². The van der Waals surface area contributed by atoms with E-state index in [4.69, 9.17) is 9.26 Å². The van der Waals surface area contributed by atoms with Gasteiger partial charge in [0, 0.05) is 38.3 Å². The van der Waals surface area contributed by atoms with Crippen molar-refractivity contribution in [3.63, 3.8) is 0 Å². The Hall–Kier alpha value is -3.26. The van der Waals surface area contributed by atoms with Gasteiger partial charge in [-0.1, -0.05) is 35.0 Å². The van der Waals surface area contributed by atoms with Crippen LogP contribution in [0.3, 0.4) is 0 Å². The molecule has 0 spiro atoms. The van der Waals surface area contributed by atoms with Gasteiger partial charge in [-0.25, -0.2) is 8.78 Å². The lowest BCUT2D eigenvalue weighted by molar-refractivity contribution is 0.0614. The molecule has 2 aromatic carbocycles. The summed E-state index contributed by atoms with van der Waals surface area (Å²) in [5, 5.41) is 3.97. The molecule has 4 rings (SSSR count). The van der Waals surface area contributed by atoms with Crippen LogP contribution >= 0.6 is 0 Å². The van der Waals surface area contributed by atoms with Crippen molar-refractivity contribution in [2.45, 2.75) is 27.0 Å². The molecule has 0 unspecified atom stereocenters. The average molecular weight is 441 g/mol.